The summed E-state index contributed by atoms with van der Waals surface area (Å²) in [5.41, 5.74) is 1.16. The molecule has 0 bridgehead atoms. The molecule has 0 radical (unpaired) electrons. The van der Waals surface area contributed by atoms with Crippen LogP contribution in [0.4, 0.5) is 0 Å². The summed E-state index contributed by atoms with van der Waals surface area (Å²) in [5.74, 6) is 0.265. The quantitative estimate of drug-likeness (QED) is 0.570. The zero-order chi connectivity index (χ0) is 8.81. The predicted molar refractivity (Wildman–Crippen MR) is 50.9 cm³/mol. The molecule has 0 unspecified atom stereocenters. The SMILES string of the molecule is C/C=C/C=C/C1=CC(=O)CCC1. The molecule has 0 saturated heterocycles. The average molecular weight is 162 g/mol. The topological polar surface area (TPSA) is 17.1 Å². The van der Waals surface area contributed by atoms with Crippen LogP contribution < -0.4 is 0 Å². The van der Waals surface area contributed by atoms with Crippen LogP contribution >= 0.6 is 0 Å². The molecule has 0 aromatic carbocycles. The van der Waals surface area contributed by atoms with E-state index in [1.54, 1.807) is 6.08 Å². The van der Waals surface area contributed by atoms with Gasteiger partial charge in [0.15, 0.2) is 5.78 Å². The minimum Gasteiger partial charge on any atom is -0.295 e. The predicted octanol–water partition coefficient (Wildman–Crippen LogP) is 2.80. The maximum Gasteiger partial charge on any atom is 0.155 e. The molecule has 1 nitrogen and oxygen atoms in total. The summed E-state index contributed by atoms with van der Waals surface area (Å²) < 4.78 is 0. The summed E-state index contributed by atoms with van der Waals surface area (Å²) in [6.07, 6.45) is 12.5. The minimum atomic E-state index is 0.265. The van der Waals surface area contributed by atoms with Crippen molar-refractivity contribution < 1.29 is 4.79 Å². The average Bonchev–Trinajstić information content (AvgIpc) is 2.05. The third-order valence-electron chi connectivity index (χ3n) is 1.85. The summed E-state index contributed by atoms with van der Waals surface area (Å²) in [6, 6.07) is 0. The lowest BCUT2D eigenvalue weighted by Crippen LogP contribution is -2.00. The Kier molecular flexibility index (Phi) is 3.52. The molecular formula is C11H14O. The molecule has 0 fully saturated rings. The van der Waals surface area contributed by atoms with Gasteiger partial charge in [-0.05, 0) is 31.4 Å². The third-order valence-corrected chi connectivity index (χ3v) is 1.85. The summed E-state index contributed by atoms with van der Waals surface area (Å²) in [6.45, 7) is 1.98. The van der Waals surface area contributed by atoms with Gasteiger partial charge in [0.25, 0.3) is 0 Å². The highest BCUT2D eigenvalue weighted by molar-refractivity contribution is 5.91. The minimum absolute atomic E-state index is 0.265. The van der Waals surface area contributed by atoms with Crippen molar-refractivity contribution in [3.63, 3.8) is 0 Å². The molecule has 12 heavy (non-hydrogen) atoms. The monoisotopic (exact) mass is 162 g/mol. The lowest BCUT2D eigenvalue weighted by atomic mass is 9.98. The smallest absolute Gasteiger partial charge is 0.155 e. The largest absolute Gasteiger partial charge is 0.295 e. The Balaban J connectivity index is 2.56. The summed E-state index contributed by atoms with van der Waals surface area (Å²) >= 11 is 0. The number of rotatable bonds is 2. The molecule has 0 aromatic heterocycles. The van der Waals surface area contributed by atoms with E-state index in [1.807, 2.05) is 31.2 Å². The third kappa shape index (κ3) is 2.87. The van der Waals surface area contributed by atoms with Gasteiger partial charge in [-0.15, -0.1) is 0 Å². The van der Waals surface area contributed by atoms with Gasteiger partial charge in [0.05, 0.1) is 0 Å². The van der Waals surface area contributed by atoms with Crippen LogP contribution in [0.1, 0.15) is 26.2 Å². The second-order valence-corrected chi connectivity index (χ2v) is 2.92. The lowest BCUT2D eigenvalue weighted by molar-refractivity contribution is -0.115. The Labute approximate surface area is 73.5 Å². The van der Waals surface area contributed by atoms with Crippen molar-refractivity contribution in [1.29, 1.82) is 0 Å². The highest BCUT2D eigenvalue weighted by atomic mass is 16.1. The van der Waals surface area contributed by atoms with Crippen molar-refractivity contribution >= 4 is 5.78 Å². The van der Waals surface area contributed by atoms with E-state index in [0.717, 1.165) is 24.8 Å². The van der Waals surface area contributed by atoms with Gasteiger partial charge in [-0.1, -0.05) is 24.3 Å². The summed E-state index contributed by atoms with van der Waals surface area (Å²) in [5, 5.41) is 0. The molecule has 0 aliphatic heterocycles. The number of ketones is 1. The molecule has 1 rings (SSSR count). The first-order valence-corrected chi connectivity index (χ1v) is 4.35. The molecule has 0 amide bonds. The number of allylic oxidation sites excluding steroid dienone is 6. The van der Waals surface area contributed by atoms with Gasteiger partial charge in [0, 0.05) is 6.42 Å². The van der Waals surface area contributed by atoms with Gasteiger partial charge in [0.1, 0.15) is 0 Å². The van der Waals surface area contributed by atoms with Crippen molar-refractivity contribution in [2.45, 2.75) is 26.2 Å². The van der Waals surface area contributed by atoms with Gasteiger partial charge < -0.3 is 0 Å². The maximum absolute atomic E-state index is 11.0. The van der Waals surface area contributed by atoms with Crippen molar-refractivity contribution in [3.8, 4) is 0 Å². The molecule has 1 aliphatic carbocycles. The molecule has 0 saturated carbocycles. The Hall–Kier alpha value is -1.11. The molecule has 1 aliphatic rings. The van der Waals surface area contributed by atoms with E-state index in [4.69, 9.17) is 0 Å². The van der Waals surface area contributed by atoms with E-state index in [1.165, 1.54) is 0 Å². The van der Waals surface area contributed by atoms with Crippen molar-refractivity contribution in [1.82, 2.24) is 0 Å². The molecular weight excluding hydrogens is 148 g/mol. The molecule has 0 spiro atoms. The van der Waals surface area contributed by atoms with Crippen molar-refractivity contribution in [2.24, 2.45) is 0 Å². The van der Waals surface area contributed by atoms with Crippen molar-refractivity contribution in [2.75, 3.05) is 0 Å². The molecule has 0 atom stereocenters. The van der Waals surface area contributed by atoms with E-state index in [0.29, 0.717) is 0 Å². The van der Waals surface area contributed by atoms with Crippen molar-refractivity contribution in [3.05, 3.63) is 36.0 Å². The van der Waals surface area contributed by atoms with Crippen LogP contribution in [0, 0.1) is 0 Å². The first-order valence-electron chi connectivity index (χ1n) is 4.35. The van der Waals surface area contributed by atoms with Crippen LogP contribution in [0.5, 0.6) is 0 Å². The fraction of sp³-hybridized carbons (Fsp3) is 0.364. The number of hydrogen-bond donors (Lipinski definition) is 0. The van der Waals surface area contributed by atoms with E-state index in [2.05, 4.69) is 0 Å². The van der Waals surface area contributed by atoms with E-state index >= 15 is 0 Å². The maximum atomic E-state index is 11.0. The van der Waals surface area contributed by atoms with Crippen LogP contribution in [-0.4, -0.2) is 5.78 Å². The number of hydrogen-bond acceptors (Lipinski definition) is 1. The molecule has 0 N–H and O–H groups in total. The van der Waals surface area contributed by atoms with Crippen LogP contribution in [0.2, 0.25) is 0 Å². The molecule has 0 aromatic rings. The van der Waals surface area contributed by atoms with E-state index in [-0.39, 0.29) is 5.78 Å². The second-order valence-electron chi connectivity index (χ2n) is 2.92. The zero-order valence-electron chi connectivity index (χ0n) is 7.42. The Bertz CT molecular complexity index is 244. The molecule has 1 heteroatoms. The Morgan fingerprint density at radius 1 is 1.33 bits per heavy atom. The normalized spacial score (nSPS) is 19.1. The fourth-order valence-electron chi connectivity index (χ4n) is 1.24. The zero-order valence-corrected chi connectivity index (χ0v) is 7.42. The standard InChI is InChI=1S/C11H14O/c1-2-3-4-6-10-7-5-8-11(12)9-10/h2-4,6,9H,5,7-8H2,1H3/b3-2+,6-4+. The Morgan fingerprint density at radius 3 is 2.83 bits per heavy atom. The number of carbonyl (C=O) groups is 1. The van der Waals surface area contributed by atoms with Gasteiger partial charge >= 0.3 is 0 Å². The first-order chi connectivity index (χ1) is 5.83. The summed E-state index contributed by atoms with van der Waals surface area (Å²) in [4.78, 5) is 11.0. The van der Waals surface area contributed by atoms with E-state index < -0.39 is 0 Å². The number of carbonyl (C=O) groups excluding carboxylic acids is 1. The van der Waals surface area contributed by atoms with Crippen LogP contribution in [0.25, 0.3) is 0 Å². The first kappa shape index (κ1) is 8.98. The van der Waals surface area contributed by atoms with Gasteiger partial charge in [-0.3, -0.25) is 4.79 Å². The van der Waals surface area contributed by atoms with Gasteiger partial charge in [-0.2, -0.15) is 0 Å². The van der Waals surface area contributed by atoms with Crippen LogP contribution in [-0.2, 0) is 4.79 Å². The molecule has 0 heterocycles. The fourth-order valence-corrected chi connectivity index (χ4v) is 1.24. The lowest BCUT2D eigenvalue weighted by Gasteiger charge is -2.06. The Morgan fingerprint density at radius 2 is 2.17 bits per heavy atom. The van der Waals surface area contributed by atoms with E-state index in [9.17, 15) is 4.79 Å². The molecule has 64 valence electrons. The highest BCUT2D eigenvalue weighted by Crippen LogP contribution is 2.15. The highest BCUT2D eigenvalue weighted by Gasteiger charge is 2.06. The van der Waals surface area contributed by atoms with Gasteiger partial charge in [0.2, 0.25) is 0 Å². The second kappa shape index (κ2) is 4.70. The van der Waals surface area contributed by atoms with Gasteiger partial charge in [-0.25, -0.2) is 0 Å². The summed E-state index contributed by atoms with van der Waals surface area (Å²) in [7, 11) is 0. The van der Waals surface area contributed by atoms with Crippen LogP contribution in [0.15, 0.2) is 36.0 Å². The van der Waals surface area contributed by atoms with Crippen LogP contribution in [0.3, 0.4) is 0 Å².